The molecule has 0 radical (unpaired) electrons. The average Bonchev–Trinajstić information content (AvgIpc) is 2.46. The van der Waals surface area contributed by atoms with Crippen LogP contribution in [0.2, 0.25) is 0 Å². The Morgan fingerprint density at radius 3 is 2.26 bits per heavy atom. The van der Waals surface area contributed by atoms with E-state index in [0.29, 0.717) is 23.1 Å². The fraction of sp³-hybridized carbons (Fsp3) is 0.176. The third-order valence-electron chi connectivity index (χ3n) is 3.15. The third-order valence-corrected chi connectivity index (χ3v) is 3.15. The number of ketones is 2. The molecule has 2 aromatic rings. The van der Waals surface area contributed by atoms with Crippen molar-refractivity contribution in [2.45, 2.75) is 20.3 Å². The van der Waals surface area contributed by atoms with Crippen LogP contribution in [0, 0.1) is 6.92 Å². The van der Waals surface area contributed by atoms with Gasteiger partial charge in [0.15, 0.2) is 11.6 Å². The highest BCUT2D eigenvalue weighted by Crippen LogP contribution is 2.19. The summed E-state index contributed by atoms with van der Waals surface area (Å²) in [5.41, 5.74) is 2.52. The van der Waals surface area contributed by atoms with E-state index in [1.54, 1.807) is 18.2 Å². The van der Waals surface area contributed by atoms with E-state index in [1.165, 1.54) is 0 Å². The van der Waals surface area contributed by atoms with Gasteiger partial charge in [0.25, 0.3) is 0 Å². The number of benzene rings is 2. The molecular weight excluding hydrogens is 236 g/mol. The molecule has 0 heterocycles. The Morgan fingerprint density at radius 1 is 0.947 bits per heavy atom. The minimum absolute atomic E-state index is 0.0115. The van der Waals surface area contributed by atoms with Crippen molar-refractivity contribution in [3.8, 4) is 0 Å². The van der Waals surface area contributed by atoms with Crippen LogP contribution in [0.4, 0.5) is 0 Å². The van der Waals surface area contributed by atoms with Gasteiger partial charge in [-0.15, -0.1) is 0 Å². The van der Waals surface area contributed by atoms with Gasteiger partial charge in [-0.3, -0.25) is 9.59 Å². The summed E-state index contributed by atoms with van der Waals surface area (Å²) >= 11 is 0. The van der Waals surface area contributed by atoms with Crippen LogP contribution in [0.5, 0.6) is 0 Å². The molecule has 2 heteroatoms. The fourth-order valence-electron chi connectivity index (χ4n) is 2.15. The summed E-state index contributed by atoms with van der Waals surface area (Å²) in [6.45, 7) is 3.68. The molecule has 0 amide bonds. The smallest absolute Gasteiger partial charge is 0.193 e. The molecule has 0 aliphatic heterocycles. The molecule has 0 aliphatic carbocycles. The molecule has 0 saturated carbocycles. The number of hydrogen-bond acceptors (Lipinski definition) is 2. The number of hydrogen-bond donors (Lipinski definition) is 0. The van der Waals surface area contributed by atoms with Gasteiger partial charge in [0.1, 0.15) is 0 Å². The normalized spacial score (nSPS) is 10.2. The molecule has 2 nitrogen and oxygen atoms in total. The summed E-state index contributed by atoms with van der Waals surface area (Å²) in [6.07, 6.45) is 0.403. The van der Waals surface area contributed by atoms with Crippen molar-refractivity contribution in [1.29, 1.82) is 0 Å². The van der Waals surface area contributed by atoms with Crippen molar-refractivity contribution >= 4 is 11.6 Å². The van der Waals surface area contributed by atoms with Gasteiger partial charge in [0, 0.05) is 23.1 Å². The number of carbonyl (C=O) groups is 2. The first kappa shape index (κ1) is 13.2. The van der Waals surface area contributed by atoms with E-state index in [1.807, 2.05) is 44.2 Å². The van der Waals surface area contributed by atoms with E-state index in [4.69, 9.17) is 0 Å². The van der Waals surface area contributed by atoms with Crippen LogP contribution < -0.4 is 0 Å². The second-order valence-electron chi connectivity index (χ2n) is 4.47. The van der Waals surface area contributed by atoms with Crippen molar-refractivity contribution in [1.82, 2.24) is 0 Å². The van der Waals surface area contributed by atoms with Crippen LogP contribution in [-0.2, 0) is 0 Å². The largest absolute Gasteiger partial charge is 0.294 e. The van der Waals surface area contributed by atoms with E-state index in [-0.39, 0.29) is 11.6 Å². The van der Waals surface area contributed by atoms with E-state index in [0.717, 1.165) is 5.56 Å². The zero-order valence-electron chi connectivity index (χ0n) is 11.1. The lowest BCUT2D eigenvalue weighted by atomic mass is 9.92. The molecule has 19 heavy (non-hydrogen) atoms. The maximum Gasteiger partial charge on any atom is 0.193 e. The molecule has 0 unspecified atom stereocenters. The summed E-state index contributed by atoms with van der Waals surface area (Å²) in [5, 5.41) is 0. The molecule has 0 aliphatic rings. The average molecular weight is 252 g/mol. The number of Topliss-reactive ketones (excluding diaryl/α,β-unsaturated/α-hetero) is 1. The Labute approximate surface area is 113 Å². The predicted molar refractivity (Wildman–Crippen MR) is 75.7 cm³/mol. The number of rotatable bonds is 4. The number of carbonyl (C=O) groups excluding carboxylic acids is 2. The van der Waals surface area contributed by atoms with Crippen LogP contribution in [0.15, 0.2) is 48.5 Å². The molecule has 0 aromatic heterocycles. The van der Waals surface area contributed by atoms with Crippen molar-refractivity contribution in [3.63, 3.8) is 0 Å². The van der Waals surface area contributed by atoms with Gasteiger partial charge in [0.05, 0.1) is 0 Å². The Morgan fingerprint density at radius 2 is 1.63 bits per heavy atom. The second-order valence-corrected chi connectivity index (χ2v) is 4.47. The van der Waals surface area contributed by atoms with Gasteiger partial charge in [-0.05, 0) is 12.5 Å². The molecule has 0 atom stereocenters. The summed E-state index contributed by atoms with van der Waals surface area (Å²) in [5.74, 6) is -0.0847. The lowest BCUT2D eigenvalue weighted by molar-refractivity contribution is 0.0971. The maximum absolute atomic E-state index is 12.5. The van der Waals surface area contributed by atoms with Gasteiger partial charge in [0.2, 0.25) is 0 Å². The first-order chi connectivity index (χ1) is 9.15. The minimum Gasteiger partial charge on any atom is -0.294 e. The second kappa shape index (κ2) is 5.61. The standard InChI is InChI=1S/C17H16O2/c1-3-15(18)16-12(2)8-7-11-14(16)17(19)13-9-5-4-6-10-13/h4-11H,3H2,1-2H3. The monoisotopic (exact) mass is 252 g/mol. The van der Waals surface area contributed by atoms with E-state index < -0.39 is 0 Å². The molecule has 0 fully saturated rings. The Bertz CT molecular complexity index is 612. The van der Waals surface area contributed by atoms with E-state index in [2.05, 4.69) is 0 Å². The Kier molecular flexibility index (Phi) is 3.91. The Hall–Kier alpha value is -2.22. The SMILES string of the molecule is CCC(=O)c1c(C)cccc1C(=O)c1ccccc1. The van der Waals surface area contributed by atoms with Crippen molar-refractivity contribution < 1.29 is 9.59 Å². The lowest BCUT2D eigenvalue weighted by Crippen LogP contribution is -2.11. The van der Waals surface area contributed by atoms with Crippen LogP contribution in [0.3, 0.4) is 0 Å². The van der Waals surface area contributed by atoms with E-state index >= 15 is 0 Å². The summed E-state index contributed by atoms with van der Waals surface area (Å²) in [6, 6.07) is 14.5. The fourth-order valence-corrected chi connectivity index (χ4v) is 2.15. The minimum atomic E-state index is -0.0962. The zero-order chi connectivity index (χ0) is 13.8. The summed E-state index contributed by atoms with van der Waals surface area (Å²) in [7, 11) is 0. The summed E-state index contributed by atoms with van der Waals surface area (Å²) in [4.78, 5) is 24.5. The molecule has 2 aromatic carbocycles. The van der Waals surface area contributed by atoms with Crippen LogP contribution >= 0.6 is 0 Å². The lowest BCUT2D eigenvalue weighted by Gasteiger charge is -2.10. The Balaban J connectivity index is 2.54. The molecule has 0 N–H and O–H groups in total. The first-order valence-corrected chi connectivity index (χ1v) is 6.37. The molecule has 96 valence electrons. The van der Waals surface area contributed by atoms with Crippen LogP contribution in [-0.4, -0.2) is 11.6 Å². The summed E-state index contributed by atoms with van der Waals surface area (Å²) < 4.78 is 0. The highest BCUT2D eigenvalue weighted by Gasteiger charge is 2.18. The van der Waals surface area contributed by atoms with Gasteiger partial charge in [-0.2, -0.15) is 0 Å². The number of aryl methyl sites for hydroxylation is 1. The molecule has 2 rings (SSSR count). The van der Waals surface area contributed by atoms with Crippen molar-refractivity contribution in [3.05, 3.63) is 70.8 Å². The molecule has 0 saturated heterocycles. The predicted octanol–water partition coefficient (Wildman–Crippen LogP) is 3.82. The van der Waals surface area contributed by atoms with Crippen LogP contribution in [0.25, 0.3) is 0 Å². The quantitative estimate of drug-likeness (QED) is 0.775. The highest BCUT2D eigenvalue weighted by molar-refractivity contribution is 6.16. The van der Waals surface area contributed by atoms with Crippen molar-refractivity contribution in [2.75, 3.05) is 0 Å². The van der Waals surface area contributed by atoms with Crippen molar-refractivity contribution in [2.24, 2.45) is 0 Å². The van der Waals surface area contributed by atoms with Gasteiger partial charge < -0.3 is 0 Å². The molecular formula is C17H16O2. The van der Waals surface area contributed by atoms with Gasteiger partial charge in [-0.1, -0.05) is 55.5 Å². The maximum atomic E-state index is 12.5. The van der Waals surface area contributed by atoms with Gasteiger partial charge >= 0.3 is 0 Å². The molecule has 0 bridgehead atoms. The van der Waals surface area contributed by atoms with Crippen LogP contribution in [0.1, 0.15) is 45.2 Å². The van der Waals surface area contributed by atoms with E-state index in [9.17, 15) is 9.59 Å². The van der Waals surface area contributed by atoms with Gasteiger partial charge in [-0.25, -0.2) is 0 Å². The third kappa shape index (κ3) is 2.63. The highest BCUT2D eigenvalue weighted by atomic mass is 16.1. The zero-order valence-corrected chi connectivity index (χ0v) is 11.1. The first-order valence-electron chi connectivity index (χ1n) is 6.37. The molecule has 0 spiro atoms. The topological polar surface area (TPSA) is 34.1 Å².